The second-order valence-electron chi connectivity index (χ2n) is 8.47. The number of allylic oxidation sites excluding steroid dienone is 4. The first kappa shape index (κ1) is 23.6. The molecule has 0 N–H and O–H groups in total. The van der Waals surface area contributed by atoms with Crippen LogP contribution in [0.15, 0.2) is 48.6 Å². The number of carbonyl (C=O) groups is 1. The van der Waals surface area contributed by atoms with Crippen molar-refractivity contribution >= 4 is 11.4 Å². The lowest BCUT2D eigenvalue weighted by atomic mass is 9.71. The number of benzene rings is 1. The monoisotopic (exact) mass is 396 g/mol. The Kier molecular flexibility index (Phi) is 10.4. The molecule has 29 heavy (non-hydrogen) atoms. The van der Waals surface area contributed by atoms with E-state index < -0.39 is 5.41 Å². The predicted molar refractivity (Wildman–Crippen MR) is 124 cm³/mol. The van der Waals surface area contributed by atoms with Crippen LogP contribution in [0.25, 0.3) is 5.57 Å². The Morgan fingerprint density at radius 1 is 1.00 bits per heavy atom. The lowest BCUT2D eigenvalue weighted by Crippen LogP contribution is -2.38. The van der Waals surface area contributed by atoms with Crippen LogP contribution in [0.3, 0.4) is 0 Å². The van der Waals surface area contributed by atoms with Crippen molar-refractivity contribution in [3.8, 4) is 0 Å². The highest BCUT2D eigenvalue weighted by Crippen LogP contribution is 2.39. The molecule has 0 aromatic heterocycles. The molecule has 1 aromatic rings. The summed E-state index contributed by atoms with van der Waals surface area (Å²) < 4.78 is 5.94. The number of carbonyl (C=O) groups excluding carboxylic acids is 1. The highest BCUT2D eigenvalue weighted by molar-refractivity contribution is 5.92. The van der Waals surface area contributed by atoms with E-state index in [1.807, 2.05) is 13.0 Å². The molecule has 2 atom stereocenters. The highest BCUT2D eigenvalue weighted by Gasteiger charge is 2.38. The van der Waals surface area contributed by atoms with E-state index in [4.69, 9.17) is 4.74 Å². The van der Waals surface area contributed by atoms with Gasteiger partial charge in [0.25, 0.3) is 0 Å². The largest absolute Gasteiger partial charge is 0.371 e. The summed E-state index contributed by atoms with van der Waals surface area (Å²) in [6.45, 7) is 7.05. The molecule has 1 aliphatic carbocycles. The maximum Gasteiger partial charge on any atom is 0.171 e. The molecule has 0 bridgehead atoms. The van der Waals surface area contributed by atoms with Crippen molar-refractivity contribution in [1.29, 1.82) is 0 Å². The first-order chi connectivity index (χ1) is 14.1. The van der Waals surface area contributed by atoms with Gasteiger partial charge in [0.05, 0.1) is 5.41 Å². The van der Waals surface area contributed by atoms with Crippen LogP contribution in [0, 0.1) is 5.41 Å². The quantitative estimate of drug-likeness (QED) is 0.304. The van der Waals surface area contributed by atoms with Crippen molar-refractivity contribution in [1.82, 2.24) is 0 Å². The molecule has 2 nitrogen and oxygen atoms in total. The van der Waals surface area contributed by atoms with E-state index in [0.717, 1.165) is 32.1 Å². The molecule has 0 saturated carbocycles. The van der Waals surface area contributed by atoms with Crippen LogP contribution in [-0.4, -0.2) is 18.5 Å². The van der Waals surface area contributed by atoms with Gasteiger partial charge in [-0.3, -0.25) is 4.79 Å². The molecular formula is C27H40O2. The molecule has 2 heteroatoms. The lowest BCUT2D eigenvalue weighted by molar-refractivity contribution is -0.137. The van der Waals surface area contributed by atoms with E-state index in [2.05, 4.69) is 56.3 Å². The minimum atomic E-state index is -0.408. The van der Waals surface area contributed by atoms with Gasteiger partial charge in [0.15, 0.2) is 5.78 Å². The number of rotatable bonds is 14. The average Bonchev–Trinajstić information content (AvgIpc) is 2.77. The number of hydrogen-bond acceptors (Lipinski definition) is 2. The molecule has 0 saturated heterocycles. The van der Waals surface area contributed by atoms with E-state index in [-0.39, 0.29) is 11.9 Å². The minimum Gasteiger partial charge on any atom is -0.371 e. The minimum absolute atomic E-state index is 0.254. The summed E-state index contributed by atoms with van der Waals surface area (Å²) in [6, 6.07) is 10.4. The number of ketones is 1. The first-order valence-electron chi connectivity index (χ1n) is 11.7. The van der Waals surface area contributed by atoms with E-state index in [1.54, 1.807) is 0 Å². The Hall–Kier alpha value is -1.67. The van der Waals surface area contributed by atoms with Gasteiger partial charge in [0.2, 0.25) is 0 Å². The molecule has 2 rings (SSSR count). The van der Waals surface area contributed by atoms with Crippen LogP contribution < -0.4 is 0 Å². The summed E-state index contributed by atoms with van der Waals surface area (Å²) in [5, 5.41) is 0. The smallest absolute Gasteiger partial charge is 0.171 e. The Morgan fingerprint density at radius 2 is 1.69 bits per heavy atom. The van der Waals surface area contributed by atoms with E-state index in [0.29, 0.717) is 6.61 Å². The van der Waals surface area contributed by atoms with Gasteiger partial charge in [0, 0.05) is 6.61 Å². The lowest BCUT2D eigenvalue weighted by Gasteiger charge is -2.33. The van der Waals surface area contributed by atoms with Crippen LogP contribution in [0.2, 0.25) is 0 Å². The van der Waals surface area contributed by atoms with Crippen molar-refractivity contribution in [2.24, 2.45) is 5.41 Å². The second-order valence-corrected chi connectivity index (χ2v) is 8.47. The second kappa shape index (κ2) is 12.8. The molecule has 0 spiro atoms. The third-order valence-corrected chi connectivity index (χ3v) is 6.08. The number of Topliss-reactive ketones (excluding diaryl/α,β-unsaturated/α-hetero) is 1. The summed E-state index contributed by atoms with van der Waals surface area (Å²) >= 11 is 0. The van der Waals surface area contributed by atoms with Crippen LogP contribution >= 0.6 is 0 Å². The van der Waals surface area contributed by atoms with Gasteiger partial charge in [0.1, 0.15) is 6.10 Å². The van der Waals surface area contributed by atoms with Crippen molar-refractivity contribution in [2.75, 3.05) is 6.61 Å². The van der Waals surface area contributed by atoms with Gasteiger partial charge < -0.3 is 4.74 Å². The summed E-state index contributed by atoms with van der Waals surface area (Å²) in [6.07, 6.45) is 17.4. The third kappa shape index (κ3) is 7.26. The van der Waals surface area contributed by atoms with Gasteiger partial charge in [-0.1, -0.05) is 107 Å². The van der Waals surface area contributed by atoms with Gasteiger partial charge in [-0.2, -0.15) is 0 Å². The van der Waals surface area contributed by atoms with Crippen LogP contribution in [0.1, 0.15) is 90.5 Å². The normalized spacial score (nSPS) is 19.8. The summed E-state index contributed by atoms with van der Waals surface area (Å²) in [4.78, 5) is 13.4. The van der Waals surface area contributed by atoms with Crippen molar-refractivity contribution in [3.63, 3.8) is 0 Å². The summed E-state index contributed by atoms with van der Waals surface area (Å²) in [5.41, 5.74) is 2.03. The zero-order valence-corrected chi connectivity index (χ0v) is 18.8. The molecule has 2 unspecified atom stereocenters. The number of ether oxygens (including phenoxy) is 1. The number of unbranched alkanes of at least 4 members (excludes halogenated alkanes) is 6. The maximum absolute atomic E-state index is 13.4. The molecule has 0 radical (unpaired) electrons. The zero-order valence-electron chi connectivity index (χ0n) is 18.8. The van der Waals surface area contributed by atoms with Crippen LogP contribution in [0.5, 0.6) is 0 Å². The van der Waals surface area contributed by atoms with Gasteiger partial charge in [-0.25, -0.2) is 0 Å². The molecule has 1 aromatic carbocycles. The van der Waals surface area contributed by atoms with Crippen molar-refractivity contribution in [3.05, 3.63) is 54.1 Å². The molecule has 0 heterocycles. The molecule has 0 amide bonds. The van der Waals surface area contributed by atoms with Crippen molar-refractivity contribution < 1.29 is 9.53 Å². The van der Waals surface area contributed by atoms with Crippen molar-refractivity contribution in [2.45, 2.75) is 91.1 Å². The Bertz CT molecular complexity index is 658. The standard InChI is InChI=1S/C27H40O2/c1-4-6-8-9-13-19-27(26(28)23(3)29-22-14-7-5-2)20-17-25(18-21-27)24-15-11-10-12-16-24/h10-12,15-18,20,23H,4-9,13-14,19,21-22H2,1-3H3. The molecular weight excluding hydrogens is 356 g/mol. The summed E-state index contributed by atoms with van der Waals surface area (Å²) in [7, 11) is 0. The van der Waals surface area contributed by atoms with Gasteiger partial charge >= 0.3 is 0 Å². The average molecular weight is 397 g/mol. The fraction of sp³-hybridized carbons (Fsp3) is 0.593. The fourth-order valence-electron chi connectivity index (χ4n) is 4.15. The van der Waals surface area contributed by atoms with Gasteiger partial charge in [-0.15, -0.1) is 0 Å². The SMILES string of the molecule is CCCCCCCC1(C(=O)C(C)OCCCCC)C=CC(c2ccccc2)=CC1. The molecule has 0 fully saturated rings. The van der Waals surface area contributed by atoms with E-state index in [1.165, 1.54) is 43.2 Å². The highest BCUT2D eigenvalue weighted by atomic mass is 16.5. The van der Waals surface area contributed by atoms with E-state index in [9.17, 15) is 4.79 Å². The fourth-order valence-corrected chi connectivity index (χ4v) is 4.15. The predicted octanol–water partition coefficient (Wildman–Crippen LogP) is 7.54. The third-order valence-electron chi connectivity index (χ3n) is 6.08. The molecule has 0 aliphatic heterocycles. The van der Waals surface area contributed by atoms with Crippen LogP contribution in [-0.2, 0) is 9.53 Å². The van der Waals surface area contributed by atoms with Crippen LogP contribution in [0.4, 0.5) is 0 Å². The first-order valence-corrected chi connectivity index (χ1v) is 11.7. The Balaban J connectivity index is 2.05. The Labute approximate surface area is 178 Å². The van der Waals surface area contributed by atoms with Gasteiger partial charge in [-0.05, 0) is 37.3 Å². The topological polar surface area (TPSA) is 26.3 Å². The van der Waals surface area contributed by atoms with E-state index >= 15 is 0 Å². The number of hydrogen-bond donors (Lipinski definition) is 0. The summed E-state index contributed by atoms with van der Waals surface area (Å²) in [5.74, 6) is 0.254. The molecule has 160 valence electrons. The maximum atomic E-state index is 13.4. The Morgan fingerprint density at radius 3 is 2.34 bits per heavy atom. The zero-order chi connectivity index (χ0) is 21.0. The molecule has 1 aliphatic rings.